The van der Waals surface area contributed by atoms with Crippen LogP contribution in [0.4, 0.5) is 0 Å². The number of nitrogens with zero attached hydrogens (tertiary/aromatic N) is 1. The fraction of sp³-hybridized carbons (Fsp3) is 0.857. The van der Waals surface area contributed by atoms with Crippen molar-refractivity contribution in [1.29, 1.82) is 0 Å². The Hall–Kier alpha value is 0.170. The molecule has 0 N–H and O–H groups in total. The standard InChI is InChI=1S/C7H13NOS2/c1-6(4-10)7(9)8-2-3-11-5-8/h6,10H,2-5H2,1H3. The van der Waals surface area contributed by atoms with Crippen molar-refractivity contribution in [2.45, 2.75) is 6.92 Å². The van der Waals surface area contributed by atoms with Gasteiger partial charge in [0, 0.05) is 24.0 Å². The van der Waals surface area contributed by atoms with Crippen LogP contribution in [0.25, 0.3) is 0 Å². The van der Waals surface area contributed by atoms with Crippen molar-refractivity contribution in [2.24, 2.45) is 5.92 Å². The van der Waals surface area contributed by atoms with Gasteiger partial charge in [-0.25, -0.2) is 0 Å². The Morgan fingerprint density at radius 1 is 1.82 bits per heavy atom. The Kier molecular flexibility index (Phi) is 3.59. The summed E-state index contributed by atoms with van der Waals surface area (Å²) in [6.45, 7) is 2.85. The molecule has 11 heavy (non-hydrogen) atoms. The van der Waals surface area contributed by atoms with Crippen LogP contribution in [0.5, 0.6) is 0 Å². The highest BCUT2D eigenvalue weighted by molar-refractivity contribution is 7.99. The molecule has 1 aliphatic heterocycles. The summed E-state index contributed by atoms with van der Waals surface area (Å²) in [5, 5.41) is 0. The van der Waals surface area contributed by atoms with Gasteiger partial charge in [-0.05, 0) is 0 Å². The molecule has 0 bridgehead atoms. The molecule has 2 nitrogen and oxygen atoms in total. The van der Waals surface area contributed by atoms with Crippen LogP contribution >= 0.6 is 24.4 Å². The van der Waals surface area contributed by atoms with Gasteiger partial charge in [0.25, 0.3) is 0 Å². The predicted octanol–water partition coefficient (Wildman–Crippen LogP) is 1.09. The Morgan fingerprint density at radius 3 is 3.00 bits per heavy atom. The first-order valence-electron chi connectivity index (χ1n) is 3.73. The van der Waals surface area contributed by atoms with E-state index in [4.69, 9.17) is 0 Å². The van der Waals surface area contributed by atoms with E-state index in [9.17, 15) is 4.79 Å². The van der Waals surface area contributed by atoms with Crippen LogP contribution < -0.4 is 0 Å². The largest absolute Gasteiger partial charge is 0.332 e. The van der Waals surface area contributed by atoms with Crippen LogP contribution in [-0.2, 0) is 4.79 Å². The molecular weight excluding hydrogens is 178 g/mol. The number of hydrogen-bond acceptors (Lipinski definition) is 3. The SMILES string of the molecule is CC(CS)C(=O)N1CCSC1. The third-order valence-corrected chi connectivity index (χ3v) is 3.27. The minimum atomic E-state index is 0.0806. The zero-order valence-electron chi connectivity index (χ0n) is 6.62. The van der Waals surface area contributed by atoms with Crippen LogP contribution in [0.3, 0.4) is 0 Å². The van der Waals surface area contributed by atoms with Gasteiger partial charge >= 0.3 is 0 Å². The number of carbonyl (C=O) groups is 1. The second-order valence-electron chi connectivity index (χ2n) is 2.72. The minimum Gasteiger partial charge on any atom is -0.332 e. The summed E-state index contributed by atoms with van der Waals surface area (Å²) in [6.07, 6.45) is 0. The lowest BCUT2D eigenvalue weighted by atomic mass is 10.2. The average Bonchev–Trinajstić information content (AvgIpc) is 2.53. The Labute approximate surface area is 77.1 Å². The lowest BCUT2D eigenvalue weighted by molar-refractivity contribution is -0.132. The molecule has 0 aromatic rings. The summed E-state index contributed by atoms with van der Waals surface area (Å²) >= 11 is 5.91. The maximum absolute atomic E-state index is 11.4. The topological polar surface area (TPSA) is 20.3 Å². The van der Waals surface area contributed by atoms with Crippen molar-refractivity contribution in [3.8, 4) is 0 Å². The monoisotopic (exact) mass is 191 g/mol. The third kappa shape index (κ3) is 2.30. The van der Waals surface area contributed by atoms with E-state index < -0.39 is 0 Å². The first kappa shape index (κ1) is 9.26. The Morgan fingerprint density at radius 2 is 2.55 bits per heavy atom. The van der Waals surface area contributed by atoms with Crippen molar-refractivity contribution in [2.75, 3.05) is 23.9 Å². The third-order valence-electron chi connectivity index (χ3n) is 1.76. The average molecular weight is 191 g/mol. The van der Waals surface area contributed by atoms with E-state index in [2.05, 4.69) is 12.6 Å². The van der Waals surface area contributed by atoms with E-state index in [0.29, 0.717) is 5.75 Å². The molecule has 1 aliphatic rings. The highest BCUT2D eigenvalue weighted by atomic mass is 32.2. The van der Waals surface area contributed by atoms with Gasteiger partial charge < -0.3 is 4.90 Å². The number of hydrogen-bond donors (Lipinski definition) is 1. The molecule has 0 aromatic carbocycles. The van der Waals surface area contributed by atoms with E-state index in [-0.39, 0.29) is 11.8 Å². The normalized spacial score (nSPS) is 20.4. The fourth-order valence-corrected chi connectivity index (χ4v) is 2.09. The smallest absolute Gasteiger partial charge is 0.226 e. The van der Waals surface area contributed by atoms with Crippen molar-refractivity contribution < 1.29 is 4.79 Å². The molecule has 1 rings (SSSR count). The zero-order chi connectivity index (χ0) is 8.27. The zero-order valence-corrected chi connectivity index (χ0v) is 8.33. The molecule has 1 saturated heterocycles. The summed E-state index contributed by atoms with van der Waals surface area (Å²) < 4.78 is 0. The summed E-state index contributed by atoms with van der Waals surface area (Å²) in [5.74, 6) is 2.95. The number of thioether (sulfide) groups is 1. The lowest BCUT2D eigenvalue weighted by Gasteiger charge is -2.17. The number of thiol groups is 1. The molecule has 0 radical (unpaired) electrons. The van der Waals surface area contributed by atoms with Crippen LogP contribution in [0.1, 0.15) is 6.92 Å². The van der Waals surface area contributed by atoms with Gasteiger partial charge in [-0.2, -0.15) is 12.6 Å². The number of rotatable bonds is 2. The second kappa shape index (κ2) is 4.26. The first-order valence-corrected chi connectivity index (χ1v) is 5.52. The summed E-state index contributed by atoms with van der Waals surface area (Å²) in [7, 11) is 0. The van der Waals surface area contributed by atoms with Gasteiger partial charge in [0.05, 0.1) is 5.88 Å². The maximum Gasteiger partial charge on any atom is 0.226 e. The Bertz CT molecular complexity index is 145. The number of amides is 1. The highest BCUT2D eigenvalue weighted by Gasteiger charge is 2.22. The molecule has 0 aromatic heterocycles. The summed E-state index contributed by atoms with van der Waals surface area (Å²) in [6, 6.07) is 0. The quantitative estimate of drug-likeness (QED) is 0.659. The molecule has 0 spiro atoms. The second-order valence-corrected chi connectivity index (χ2v) is 4.16. The summed E-state index contributed by atoms with van der Waals surface area (Å²) in [4.78, 5) is 13.3. The van der Waals surface area contributed by atoms with Crippen molar-refractivity contribution in [3.63, 3.8) is 0 Å². The van der Waals surface area contributed by atoms with Gasteiger partial charge in [-0.15, -0.1) is 11.8 Å². The van der Waals surface area contributed by atoms with Gasteiger partial charge in [-0.3, -0.25) is 4.79 Å². The lowest BCUT2D eigenvalue weighted by Crippen LogP contribution is -2.33. The van der Waals surface area contributed by atoms with Crippen molar-refractivity contribution in [1.82, 2.24) is 4.90 Å². The fourth-order valence-electron chi connectivity index (χ4n) is 0.978. The highest BCUT2D eigenvalue weighted by Crippen LogP contribution is 2.16. The van der Waals surface area contributed by atoms with Gasteiger partial charge in [0.2, 0.25) is 5.91 Å². The van der Waals surface area contributed by atoms with E-state index >= 15 is 0 Å². The molecule has 64 valence electrons. The summed E-state index contributed by atoms with van der Waals surface area (Å²) in [5.41, 5.74) is 0. The van der Waals surface area contributed by atoms with Crippen LogP contribution in [0.15, 0.2) is 0 Å². The molecule has 1 atom stereocenters. The maximum atomic E-state index is 11.4. The van der Waals surface area contributed by atoms with Gasteiger partial charge in [0.15, 0.2) is 0 Å². The predicted molar refractivity (Wildman–Crippen MR) is 52.1 cm³/mol. The van der Waals surface area contributed by atoms with E-state index in [1.54, 1.807) is 0 Å². The van der Waals surface area contributed by atoms with Crippen LogP contribution in [0.2, 0.25) is 0 Å². The van der Waals surface area contributed by atoms with Crippen LogP contribution in [0, 0.1) is 5.92 Å². The van der Waals surface area contributed by atoms with Crippen LogP contribution in [-0.4, -0.2) is 34.7 Å². The molecule has 1 unspecified atom stereocenters. The molecular formula is C7H13NOS2. The minimum absolute atomic E-state index is 0.0806. The molecule has 1 heterocycles. The molecule has 1 fully saturated rings. The molecule has 0 saturated carbocycles. The Balaban J connectivity index is 2.39. The van der Waals surface area contributed by atoms with Gasteiger partial charge in [0.1, 0.15) is 0 Å². The number of carbonyl (C=O) groups excluding carboxylic acids is 1. The van der Waals surface area contributed by atoms with E-state index in [1.807, 2.05) is 23.6 Å². The molecule has 4 heteroatoms. The van der Waals surface area contributed by atoms with Crippen molar-refractivity contribution in [3.05, 3.63) is 0 Å². The van der Waals surface area contributed by atoms with Crippen molar-refractivity contribution >= 4 is 30.3 Å². The molecule has 1 amide bonds. The first-order chi connectivity index (χ1) is 5.25. The van der Waals surface area contributed by atoms with E-state index in [0.717, 1.165) is 18.2 Å². The van der Waals surface area contributed by atoms with E-state index in [1.165, 1.54) is 0 Å². The molecule has 0 aliphatic carbocycles. The van der Waals surface area contributed by atoms with Gasteiger partial charge in [-0.1, -0.05) is 6.92 Å².